The van der Waals surface area contributed by atoms with Gasteiger partial charge in [0.05, 0.1) is 0 Å². The number of hydrogen-bond acceptors (Lipinski definition) is 3. The summed E-state index contributed by atoms with van der Waals surface area (Å²) in [5.41, 5.74) is 0. The first-order valence-corrected chi connectivity index (χ1v) is 6.30. The summed E-state index contributed by atoms with van der Waals surface area (Å²) < 4.78 is 0. The summed E-state index contributed by atoms with van der Waals surface area (Å²) in [6.45, 7) is 9.63. The van der Waals surface area contributed by atoms with Gasteiger partial charge in [0.25, 0.3) is 0 Å². The molecule has 4 nitrogen and oxygen atoms in total. The van der Waals surface area contributed by atoms with Crippen molar-refractivity contribution in [1.82, 2.24) is 4.90 Å². The molecule has 0 aromatic rings. The summed E-state index contributed by atoms with van der Waals surface area (Å²) in [4.78, 5) is 35.4. The highest BCUT2D eigenvalue weighted by molar-refractivity contribution is 6.03. The Morgan fingerprint density at radius 1 is 1.35 bits per heavy atom. The molecule has 1 fully saturated rings. The van der Waals surface area contributed by atoms with Crippen LogP contribution in [0.2, 0.25) is 0 Å². The van der Waals surface area contributed by atoms with Gasteiger partial charge >= 0.3 is 0 Å². The first-order chi connectivity index (χ1) is 7.93. The fraction of sp³-hybridized carbons (Fsp3) is 0.769. The molecule has 1 atom stereocenters. The molecule has 0 saturated carbocycles. The van der Waals surface area contributed by atoms with E-state index in [1.165, 1.54) is 4.90 Å². The van der Waals surface area contributed by atoms with Gasteiger partial charge in [0, 0.05) is 31.2 Å². The molecule has 0 N–H and O–H groups in total. The van der Waals surface area contributed by atoms with Gasteiger partial charge in [-0.3, -0.25) is 19.3 Å². The molecule has 17 heavy (non-hydrogen) atoms. The Morgan fingerprint density at radius 2 is 1.88 bits per heavy atom. The topological polar surface area (TPSA) is 54.5 Å². The van der Waals surface area contributed by atoms with E-state index in [1.54, 1.807) is 6.92 Å². The molecular weight excluding hydrogens is 218 g/mol. The summed E-state index contributed by atoms with van der Waals surface area (Å²) in [6.07, 6.45) is 0.566. The maximum Gasteiger partial charge on any atom is 0.232 e. The Balaban J connectivity index is 0.00000121. The molecule has 0 bridgehead atoms. The second-order valence-electron chi connectivity index (χ2n) is 4.36. The van der Waals surface area contributed by atoms with Gasteiger partial charge in [-0.15, -0.1) is 0 Å². The molecule has 1 saturated heterocycles. The van der Waals surface area contributed by atoms with Crippen LogP contribution in [0.4, 0.5) is 0 Å². The molecule has 0 aromatic heterocycles. The normalized spacial score (nSPS) is 19.4. The molecule has 0 radical (unpaired) electrons. The Labute approximate surface area is 103 Å². The number of carbonyl (C=O) groups excluding carboxylic acids is 3. The monoisotopic (exact) mass is 241 g/mol. The van der Waals surface area contributed by atoms with Gasteiger partial charge in [-0.1, -0.05) is 34.6 Å². The molecule has 0 aliphatic carbocycles. The average molecular weight is 241 g/mol. The van der Waals surface area contributed by atoms with Gasteiger partial charge < -0.3 is 0 Å². The van der Waals surface area contributed by atoms with Crippen molar-refractivity contribution in [3.8, 4) is 0 Å². The number of hydrogen-bond donors (Lipinski definition) is 0. The zero-order valence-corrected chi connectivity index (χ0v) is 11.4. The number of imide groups is 1. The lowest BCUT2D eigenvalue weighted by Crippen LogP contribution is -2.32. The number of rotatable bonds is 4. The van der Waals surface area contributed by atoms with E-state index >= 15 is 0 Å². The van der Waals surface area contributed by atoms with Crippen LogP contribution in [0.5, 0.6) is 0 Å². The summed E-state index contributed by atoms with van der Waals surface area (Å²) in [6, 6.07) is 0. The Bertz CT molecular complexity index is 297. The van der Waals surface area contributed by atoms with E-state index in [1.807, 2.05) is 27.7 Å². The summed E-state index contributed by atoms with van der Waals surface area (Å²) in [7, 11) is 0. The van der Waals surface area contributed by atoms with E-state index in [9.17, 15) is 14.4 Å². The van der Waals surface area contributed by atoms with Crippen molar-refractivity contribution in [3.63, 3.8) is 0 Å². The minimum Gasteiger partial charge on any atom is -0.299 e. The maximum atomic E-state index is 11.5. The van der Waals surface area contributed by atoms with Gasteiger partial charge in [-0.2, -0.15) is 0 Å². The predicted molar refractivity (Wildman–Crippen MR) is 66.3 cm³/mol. The lowest BCUT2D eigenvalue weighted by molar-refractivity contribution is -0.139. The average Bonchev–Trinajstić information content (AvgIpc) is 2.53. The van der Waals surface area contributed by atoms with Gasteiger partial charge in [0.15, 0.2) is 0 Å². The van der Waals surface area contributed by atoms with Crippen LogP contribution in [-0.4, -0.2) is 29.0 Å². The van der Waals surface area contributed by atoms with Crippen LogP contribution in [-0.2, 0) is 14.4 Å². The van der Waals surface area contributed by atoms with Crippen LogP contribution < -0.4 is 0 Å². The third-order valence-electron chi connectivity index (χ3n) is 2.70. The number of amides is 2. The first kappa shape index (κ1) is 15.8. The molecule has 0 spiro atoms. The molecular formula is C13H23NO3. The highest BCUT2D eigenvalue weighted by Gasteiger charge is 2.35. The number of likely N-dealkylation sites (tertiary alicyclic amines) is 1. The zero-order valence-electron chi connectivity index (χ0n) is 11.4. The minimum atomic E-state index is -0.216. The molecule has 4 heteroatoms. The van der Waals surface area contributed by atoms with Gasteiger partial charge in [-0.25, -0.2) is 0 Å². The molecule has 1 aliphatic heterocycles. The molecule has 1 rings (SSSR count). The molecule has 1 heterocycles. The highest BCUT2D eigenvalue weighted by Crippen LogP contribution is 2.19. The third-order valence-corrected chi connectivity index (χ3v) is 2.70. The number of nitrogens with zero attached hydrogens (tertiary/aromatic N) is 1. The van der Waals surface area contributed by atoms with E-state index < -0.39 is 0 Å². The summed E-state index contributed by atoms with van der Waals surface area (Å²) in [5.74, 6) is -0.447. The Hall–Kier alpha value is -1.19. The van der Waals surface area contributed by atoms with E-state index in [2.05, 4.69) is 0 Å². The van der Waals surface area contributed by atoms with Crippen LogP contribution in [0.1, 0.15) is 47.5 Å². The van der Waals surface area contributed by atoms with Crippen molar-refractivity contribution in [2.45, 2.75) is 47.5 Å². The molecule has 2 amide bonds. The molecule has 98 valence electrons. The molecule has 1 unspecified atom stereocenters. The van der Waals surface area contributed by atoms with E-state index in [0.29, 0.717) is 0 Å². The predicted octanol–water partition coefficient (Wildman–Crippen LogP) is 2.02. The summed E-state index contributed by atoms with van der Waals surface area (Å²) >= 11 is 0. The second-order valence-corrected chi connectivity index (χ2v) is 4.36. The molecule has 0 aromatic carbocycles. The van der Waals surface area contributed by atoms with Crippen molar-refractivity contribution in [3.05, 3.63) is 0 Å². The lowest BCUT2D eigenvalue weighted by atomic mass is 10.1. The van der Waals surface area contributed by atoms with Crippen LogP contribution in [0.3, 0.4) is 0 Å². The fourth-order valence-corrected chi connectivity index (χ4v) is 1.59. The van der Waals surface area contributed by atoms with Crippen molar-refractivity contribution >= 4 is 17.6 Å². The smallest absolute Gasteiger partial charge is 0.232 e. The van der Waals surface area contributed by atoms with E-state index in [4.69, 9.17) is 0 Å². The number of ketones is 1. The number of carbonyl (C=O) groups is 3. The maximum absolute atomic E-state index is 11.5. The van der Waals surface area contributed by atoms with Crippen LogP contribution in [0.15, 0.2) is 0 Å². The summed E-state index contributed by atoms with van der Waals surface area (Å²) in [5, 5.41) is 0. The van der Waals surface area contributed by atoms with E-state index in [-0.39, 0.29) is 48.8 Å². The first-order valence-electron chi connectivity index (χ1n) is 6.30. The van der Waals surface area contributed by atoms with Crippen LogP contribution >= 0.6 is 0 Å². The standard InChI is InChI=1S/C11H17NO3.C2H6/c1-7(2)9(13)4-5-12-10(14)6-8(3)11(12)15;1-2/h7-8H,4-6H2,1-3H3;1-2H3. The minimum absolute atomic E-state index is 0.0322. The van der Waals surface area contributed by atoms with Gasteiger partial charge in [-0.05, 0) is 0 Å². The highest BCUT2D eigenvalue weighted by atomic mass is 16.2. The number of Topliss-reactive ketones (excluding diaryl/α,β-unsaturated/α-hetero) is 1. The second kappa shape index (κ2) is 7.20. The Kier molecular flexibility index (Phi) is 6.69. The van der Waals surface area contributed by atoms with Crippen LogP contribution in [0, 0.1) is 11.8 Å². The zero-order chi connectivity index (χ0) is 13.6. The SMILES string of the molecule is CC.CC(C)C(=O)CCN1C(=O)CC(C)C1=O. The van der Waals surface area contributed by atoms with Crippen LogP contribution in [0.25, 0.3) is 0 Å². The van der Waals surface area contributed by atoms with Gasteiger partial charge in [0.2, 0.25) is 11.8 Å². The van der Waals surface area contributed by atoms with Crippen molar-refractivity contribution < 1.29 is 14.4 Å². The van der Waals surface area contributed by atoms with Crippen molar-refractivity contribution in [2.75, 3.05) is 6.54 Å². The van der Waals surface area contributed by atoms with Gasteiger partial charge in [0.1, 0.15) is 5.78 Å². The van der Waals surface area contributed by atoms with E-state index in [0.717, 1.165) is 0 Å². The largest absolute Gasteiger partial charge is 0.299 e. The van der Waals surface area contributed by atoms with Crippen molar-refractivity contribution in [1.29, 1.82) is 0 Å². The fourth-order valence-electron chi connectivity index (χ4n) is 1.59. The molecule has 1 aliphatic rings. The quantitative estimate of drug-likeness (QED) is 0.708. The Morgan fingerprint density at radius 3 is 2.24 bits per heavy atom. The lowest BCUT2D eigenvalue weighted by Gasteiger charge is -2.14. The van der Waals surface area contributed by atoms with Crippen molar-refractivity contribution in [2.24, 2.45) is 11.8 Å². The third kappa shape index (κ3) is 4.29.